The van der Waals surface area contributed by atoms with Crippen molar-refractivity contribution in [3.8, 4) is 11.1 Å². The van der Waals surface area contributed by atoms with Gasteiger partial charge in [0, 0.05) is 35.6 Å². The molecule has 0 atom stereocenters. The van der Waals surface area contributed by atoms with Gasteiger partial charge in [0.15, 0.2) is 0 Å². The van der Waals surface area contributed by atoms with E-state index in [0.717, 1.165) is 24.1 Å². The molecule has 0 saturated carbocycles. The van der Waals surface area contributed by atoms with Crippen LogP contribution in [0.15, 0.2) is 54.7 Å². The molecule has 0 aliphatic carbocycles. The number of piperidine rings is 1. The van der Waals surface area contributed by atoms with Crippen LogP contribution in [0.1, 0.15) is 24.5 Å². The molecule has 1 saturated heterocycles. The third kappa shape index (κ3) is 3.86. The lowest BCUT2D eigenvalue weighted by molar-refractivity contribution is 0.454. The van der Waals surface area contributed by atoms with E-state index in [1.165, 1.54) is 40.4 Å². The van der Waals surface area contributed by atoms with Crippen molar-refractivity contribution in [1.29, 1.82) is 0 Å². The highest BCUT2D eigenvalue weighted by Gasteiger charge is 2.16. The minimum absolute atomic E-state index is 0. The maximum Gasteiger partial charge on any atom is 0.0923 e. The van der Waals surface area contributed by atoms with Gasteiger partial charge in [-0.25, -0.2) is 0 Å². The van der Waals surface area contributed by atoms with Crippen LogP contribution >= 0.6 is 24.8 Å². The van der Waals surface area contributed by atoms with Crippen molar-refractivity contribution >= 4 is 46.6 Å². The number of halogens is 2. The summed E-state index contributed by atoms with van der Waals surface area (Å²) >= 11 is 0. The van der Waals surface area contributed by atoms with Crippen molar-refractivity contribution in [2.24, 2.45) is 7.05 Å². The molecule has 0 bridgehead atoms. The van der Waals surface area contributed by atoms with Gasteiger partial charge in [-0.05, 0) is 67.4 Å². The summed E-state index contributed by atoms with van der Waals surface area (Å²) < 4.78 is 1.86. The second kappa shape index (κ2) is 8.48. The van der Waals surface area contributed by atoms with E-state index in [1.54, 1.807) is 0 Å². The summed E-state index contributed by atoms with van der Waals surface area (Å²) in [5.41, 5.74) is 5.80. The predicted octanol–water partition coefficient (Wildman–Crippen LogP) is 5.10. The largest absolute Gasteiger partial charge is 0.317 e. The average Bonchev–Trinajstić information content (AvgIpc) is 3.07. The topological polar surface area (TPSA) is 42.7 Å². The Morgan fingerprint density at radius 1 is 0.857 bits per heavy atom. The van der Waals surface area contributed by atoms with Gasteiger partial charge in [-0.3, -0.25) is 9.67 Å². The highest BCUT2D eigenvalue weighted by molar-refractivity contribution is 5.88. The van der Waals surface area contributed by atoms with Gasteiger partial charge in [-0.2, -0.15) is 5.10 Å². The minimum Gasteiger partial charge on any atom is -0.317 e. The van der Waals surface area contributed by atoms with Gasteiger partial charge in [0.1, 0.15) is 0 Å². The Hall–Kier alpha value is -2.14. The van der Waals surface area contributed by atoms with E-state index in [-0.39, 0.29) is 24.8 Å². The normalized spacial score (nSPS) is 14.6. The van der Waals surface area contributed by atoms with E-state index < -0.39 is 0 Å². The van der Waals surface area contributed by atoms with E-state index in [9.17, 15) is 0 Å². The number of rotatable bonds is 2. The first-order valence-electron chi connectivity index (χ1n) is 9.31. The molecule has 2 aromatic carbocycles. The first kappa shape index (κ1) is 20.6. The lowest BCUT2D eigenvalue weighted by Gasteiger charge is -2.22. The van der Waals surface area contributed by atoms with Crippen molar-refractivity contribution in [1.82, 2.24) is 20.1 Å². The number of nitrogens with zero attached hydrogens (tertiary/aromatic N) is 3. The van der Waals surface area contributed by atoms with Crippen LogP contribution in [0.4, 0.5) is 0 Å². The van der Waals surface area contributed by atoms with Gasteiger partial charge in [-0.15, -0.1) is 24.8 Å². The van der Waals surface area contributed by atoms with Crippen LogP contribution in [0.2, 0.25) is 0 Å². The second-order valence-electron chi connectivity index (χ2n) is 7.24. The predicted molar refractivity (Wildman–Crippen MR) is 121 cm³/mol. The first-order chi connectivity index (χ1) is 12.8. The van der Waals surface area contributed by atoms with Crippen LogP contribution in [0.25, 0.3) is 32.9 Å². The zero-order valence-electron chi connectivity index (χ0n) is 15.8. The molecule has 1 fully saturated rings. The number of benzene rings is 2. The van der Waals surface area contributed by atoms with Crippen molar-refractivity contribution in [3.63, 3.8) is 0 Å². The molecule has 3 heterocycles. The molecule has 4 nitrogen and oxygen atoms in total. The summed E-state index contributed by atoms with van der Waals surface area (Å²) in [5, 5.41) is 10.3. The fourth-order valence-electron chi connectivity index (χ4n) is 3.99. The van der Waals surface area contributed by atoms with Crippen molar-refractivity contribution in [2.75, 3.05) is 13.1 Å². The molecule has 0 spiro atoms. The Morgan fingerprint density at radius 2 is 1.54 bits per heavy atom. The Kier molecular flexibility index (Phi) is 6.23. The summed E-state index contributed by atoms with van der Waals surface area (Å²) in [4.78, 5) is 4.95. The lowest BCUT2D eigenvalue weighted by Crippen LogP contribution is -2.27. The molecular weight excluding hydrogens is 391 g/mol. The quantitative estimate of drug-likeness (QED) is 0.496. The van der Waals surface area contributed by atoms with Gasteiger partial charge >= 0.3 is 0 Å². The Balaban J connectivity index is 0.00000112. The SMILES string of the molecule is Cl.Cl.Cn1cc2cc(-c3ccc4nc(C5CCNCC5)ccc4c3)ccc2n1. The van der Waals surface area contributed by atoms with Crippen molar-refractivity contribution in [2.45, 2.75) is 18.8 Å². The Bertz CT molecular complexity index is 1100. The van der Waals surface area contributed by atoms with Crippen LogP contribution in [0.3, 0.4) is 0 Å². The van der Waals surface area contributed by atoms with E-state index in [1.807, 2.05) is 11.7 Å². The number of hydrogen-bond donors (Lipinski definition) is 1. The van der Waals surface area contributed by atoms with E-state index in [4.69, 9.17) is 4.98 Å². The lowest BCUT2D eigenvalue weighted by atomic mass is 9.93. The number of pyridine rings is 1. The van der Waals surface area contributed by atoms with Gasteiger partial charge in [0.2, 0.25) is 0 Å². The third-order valence-corrected chi connectivity index (χ3v) is 5.42. The maximum absolute atomic E-state index is 4.95. The third-order valence-electron chi connectivity index (χ3n) is 5.42. The summed E-state index contributed by atoms with van der Waals surface area (Å²) in [6.07, 6.45) is 4.43. The minimum atomic E-state index is 0. The number of aromatic nitrogens is 3. The van der Waals surface area contributed by atoms with Gasteiger partial charge in [-0.1, -0.05) is 18.2 Å². The number of aryl methyl sites for hydroxylation is 1. The molecule has 4 aromatic rings. The number of nitrogens with one attached hydrogen (secondary N) is 1. The summed E-state index contributed by atoms with van der Waals surface area (Å²) in [5.74, 6) is 0.591. The molecule has 146 valence electrons. The van der Waals surface area contributed by atoms with E-state index in [2.05, 4.69) is 65.1 Å². The molecule has 5 rings (SSSR count). The molecule has 0 unspecified atom stereocenters. The molecular formula is C22H24Cl2N4. The van der Waals surface area contributed by atoms with Crippen molar-refractivity contribution < 1.29 is 0 Å². The first-order valence-corrected chi connectivity index (χ1v) is 9.31. The van der Waals surface area contributed by atoms with Crippen LogP contribution in [-0.4, -0.2) is 27.9 Å². The highest BCUT2D eigenvalue weighted by atomic mass is 35.5. The van der Waals surface area contributed by atoms with E-state index >= 15 is 0 Å². The molecule has 1 N–H and O–H groups in total. The number of fused-ring (bicyclic) bond motifs is 2. The molecule has 0 amide bonds. The zero-order chi connectivity index (χ0) is 17.5. The summed E-state index contributed by atoms with van der Waals surface area (Å²) in [6.45, 7) is 2.19. The molecule has 1 aliphatic rings. The molecule has 1 aliphatic heterocycles. The molecule has 0 radical (unpaired) electrons. The van der Waals surface area contributed by atoms with Crippen LogP contribution in [0, 0.1) is 0 Å². The molecule has 28 heavy (non-hydrogen) atoms. The second-order valence-corrected chi connectivity index (χ2v) is 7.24. The highest BCUT2D eigenvalue weighted by Crippen LogP contribution is 2.29. The van der Waals surface area contributed by atoms with Crippen LogP contribution in [0.5, 0.6) is 0 Å². The molecule has 6 heteroatoms. The Morgan fingerprint density at radius 3 is 2.29 bits per heavy atom. The van der Waals surface area contributed by atoms with Crippen LogP contribution < -0.4 is 5.32 Å². The van der Waals surface area contributed by atoms with Crippen molar-refractivity contribution in [3.05, 3.63) is 60.4 Å². The fraction of sp³-hybridized carbons (Fsp3) is 0.273. The standard InChI is InChI=1S/C22H22N4.2ClH/c1-26-14-19-13-17(3-7-22(19)25-26)16-2-5-21-18(12-16)4-6-20(24-21)15-8-10-23-11-9-15;;/h2-7,12-15,23H,8-11H2,1H3;2*1H. The maximum atomic E-state index is 4.95. The number of hydrogen-bond acceptors (Lipinski definition) is 3. The zero-order valence-corrected chi connectivity index (χ0v) is 17.4. The smallest absolute Gasteiger partial charge is 0.0923 e. The summed E-state index contributed by atoms with van der Waals surface area (Å²) in [6, 6.07) is 17.5. The molecule has 2 aromatic heterocycles. The van der Waals surface area contributed by atoms with Gasteiger partial charge in [0.05, 0.1) is 11.0 Å². The monoisotopic (exact) mass is 414 g/mol. The Labute approximate surface area is 177 Å². The fourth-order valence-corrected chi connectivity index (χ4v) is 3.99. The van der Waals surface area contributed by atoms with E-state index in [0.29, 0.717) is 5.92 Å². The average molecular weight is 415 g/mol. The van der Waals surface area contributed by atoms with Crippen LogP contribution in [-0.2, 0) is 7.05 Å². The summed E-state index contributed by atoms with van der Waals surface area (Å²) in [7, 11) is 1.96. The van der Waals surface area contributed by atoms with Gasteiger partial charge < -0.3 is 5.32 Å². The van der Waals surface area contributed by atoms with Gasteiger partial charge in [0.25, 0.3) is 0 Å².